The Balaban J connectivity index is 0.000000170. The third-order valence-electron chi connectivity index (χ3n) is 11.1. The fourth-order valence-corrected chi connectivity index (χ4v) is 8.27. The summed E-state index contributed by atoms with van der Waals surface area (Å²) in [5.74, 6) is 3.44. The van der Waals surface area contributed by atoms with E-state index in [9.17, 15) is 0 Å². The molecule has 4 aliphatic heterocycles. The van der Waals surface area contributed by atoms with Gasteiger partial charge >= 0.3 is 7.12 Å². The van der Waals surface area contributed by atoms with Crippen LogP contribution in [-0.4, -0.2) is 73.1 Å². The van der Waals surface area contributed by atoms with Crippen molar-refractivity contribution in [1.29, 1.82) is 0 Å². The van der Waals surface area contributed by atoms with Gasteiger partial charge in [0.1, 0.15) is 24.9 Å². The van der Waals surface area contributed by atoms with Crippen molar-refractivity contribution in [3.8, 4) is 11.4 Å². The number of aryl methyl sites for hydroxylation is 2. The molecule has 6 aromatic rings. The first-order valence-electron chi connectivity index (χ1n) is 20.3. The molecule has 0 radical (unpaired) electrons. The molecule has 6 heterocycles. The van der Waals surface area contributed by atoms with Crippen LogP contribution in [0.2, 0.25) is 5.02 Å². The molecule has 0 aliphatic carbocycles. The van der Waals surface area contributed by atoms with Crippen LogP contribution in [0.4, 0.5) is 0 Å². The van der Waals surface area contributed by atoms with Crippen LogP contribution in [0.15, 0.2) is 103 Å². The van der Waals surface area contributed by atoms with Crippen LogP contribution in [0.5, 0.6) is 0 Å². The van der Waals surface area contributed by atoms with Gasteiger partial charge in [-0.3, -0.25) is 9.13 Å². The van der Waals surface area contributed by atoms with Crippen LogP contribution in [0.3, 0.4) is 0 Å². The van der Waals surface area contributed by atoms with Gasteiger partial charge in [0.05, 0.1) is 51.0 Å². The number of rotatable bonds is 6. The van der Waals surface area contributed by atoms with Crippen LogP contribution < -0.4 is 0 Å². The van der Waals surface area contributed by atoms with Gasteiger partial charge in [-0.15, -0.1) is 20.4 Å². The summed E-state index contributed by atoms with van der Waals surface area (Å²) in [5.41, 5.74) is 12.9. The molecule has 0 saturated heterocycles. The maximum absolute atomic E-state index is 8.61. The zero-order chi connectivity index (χ0) is 41.4. The molecule has 12 nitrogen and oxygen atoms in total. The number of hydrogen-bond donors (Lipinski definition) is 2. The minimum atomic E-state index is -1.28. The van der Waals surface area contributed by atoms with Crippen LogP contribution >= 0.6 is 11.6 Å². The second kappa shape index (κ2) is 21.7. The molecule has 10 rings (SSSR count). The van der Waals surface area contributed by atoms with Gasteiger partial charge in [0.2, 0.25) is 0 Å². The lowest BCUT2D eigenvalue weighted by Gasteiger charge is -2.22. The van der Waals surface area contributed by atoms with Crippen molar-refractivity contribution in [1.82, 2.24) is 29.5 Å². The predicted octanol–water partition coefficient (Wildman–Crippen LogP) is 8.47. The molecule has 0 fully saturated rings. The van der Waals surface area contributed by atoms with E-state index in [0.717, 1.165) is 76.7 Å². The van der Waals surface area contributed by atoms with Crippen molar-refractivity contribution >= 4 is 24.3 Å². The van der Waals surface area contributed by atoms with Crippen LogP contribution in [0, 0.1) is 13.8 Å². The van der Waals surface area contributed by atoms with E-state index in [1.807, 2.05) is 44.2 Å². The molecule has 324 valence electrons. The van der Waals surface area contributed by atoms with Gasteiger partial charge in [0.15, 0.2) is 11.6 Å². The fourth-order valence-electron chi connectivity index (χ4n) is 8.03. The average Bonchev–Trinajstić information content (AvgIpc) is 3.69. The van der Waals surface area contributed by atoms with Gasteiger partial charge in [0.25, 0.3) is 0 Å². The number of nitrogens with zero attached hydrogens (tertiary/aromatic N) is 6. The molecule has 2 N–H and O–H groups in total. The first-order chi connectivity index (χ1) is 29.4. The number of fused-ring (bicyclic) bond motifs is 6. The molecule has 62 heavy (non-hydrogen) atoms. The van der Waals surface area contributed by atoms with Gasteiger partial charge in [-0.2, -0.15) is 0 Å². The highest BCUT2D eigenvalue weighted by Gasteiger charge is 2.25. The smallest absolute Gasteiger partial charge is 0.423 e. The van der Waals surface area contributed by atoms with E-state index in [4.69, 9.17) is 40.6 Å². The number of aromatic nitrogens is 6. The minimum absolute atomic E-state index is 0. The van der Waals surface area contributed by atoms with E-state index < -0.39 is 7.12 Å². The summed E-state index contributed by atoms with van der Waals surface area (Å²) in [4.78, 5) is 0. The largest absolute Gasteiger partial charge is 0.483 e. The zero-order valence-corrected chi connectivity index (χ0v) is 34.6. The van der Waals surface area contributed by atoms with Crippen LogP contribution in [0.1, 0.15) is 89.9 Å². The Morgan fingerprint density at radius 3 is 1.61 bits per heavy atom. The van der Waals surface area contributed by atoms with E-state index in [2.05, 4.69) is 90.2 Å². The Kier molecular flexibility index (Phi) is 16.2. The number of benzene rings is 4. The maximum Gasteiger partial charge on any atom is 0.483 e. The molecule has 0 amide bonds. The summed E-state index contributed by atoms with van der Waals surface area (Å²) in [6, 6.07) is 29.4. The quantitative estimate of drug-likeness (QED) is 0.157. The van der Waals surface area contributed by atoms with Crippen molar-refractivity contribution in [3.63, 3.8) is 0 Å². The summed E-state index contributed by atoms with van der Waals surface area (Å²) < 4.78 is 26.5. The van der Waals surface area contributed by atoms with Gasteiger partial charge in [0, 0.05) is 16.1 Å². The molecule has 0 spiro atoms. The molecule has 2 aromatic heterocycles. The van der Waals surface area contributed by atoms with Crippen molar-refractivity contribution in [2.45, 2.75) is 80.8 Å². The molecule has 4 aromatic carbocycles. The van der Waals surface area contributed by atoms with Crippen LogP contribution in [0.25, 0.3) is 16.9 Å². The minimum Gasteiger partial charge on any atom is -0.423 e. The summed E-state index contributed by atoms with van der Waals surface area (Å²) in [7, 11) is -1.28. The Morgan fingerprint density at radius 2 is 1.11 bits per heavy atom. The molecule has 14 heteroatoms. The highest BCUT2D eigenvalue weighted by molar-refractivity contribution is 6.50. The van der Waals surface area contributed by atoms with Crippen molar-refractivity contribution in [2.75, 3.05) is 26.4 Å². The summed E-state index contributed by atoms with van der Waals surface area (Å²) in [6.07, 6.45) is 7.15. The molecule has 0 saturated carbocycles. The normalized spacial score (nSPS) is 15.0. The van der Waals surface area contributed by atoms with Crippen molar-refractivity contribution in [3.05, 3.63) is 170 Å². The number of hydrogen-bond acceptors (Lipinski definition) is 10. The Morgan fingerprint density at radius 1 is 0.597 bits per heavy atom. The number of halogens is 1. The third kappa shape index (κ3) is 10.5. The second-order valence-electron chi connectivity index (χ2n) is 15.0. The van der Waals surface area contributed by atoms with Gasteiger partial charge < -0.3 is 29.0 Å². The third-order valence-corrected chi connectivity index (χ3v) is 11.4. The zero-order valence-electron chi connectivity index (χ0n) is 33.9. The van der Waals surface area contributed by atoms with E-state index in [1.165, 1.54) is 33.4 Å². The fraction of sp³-hybridized carbons (Fsp3) is 0.333. The van der Waals surface area contributed by atoms with Crippen LogP contribution in [-0.2, 0) is 58.2 Å². The first kappa shape index (κ1) is 46.3. The molecule has 0 atom stereocenters. The molecular weight excluding hydrogens is 803 g/mol. The topological polar surface area (TPSA) is 139 Å². The first-order valence-corrected chi connectivity index (χ1v) is 20.6. The predicted molar refractivity (Wildman–Crippen MR) is 243 cm³/mol. The lowest BCUT2D eigenvalue weighted by Crippen LogP contribution is -2.20. The highest BCUT2D eigenvalue weighted by atomic mass is 35.5. The second-order valence-corrected chi connectivity index (χ2v) is 15.4. The monoisotopic (exact) mass is 858 g/mol. The molecule has 0 bridgehead atoms. The lowest BCUT2D eigenvalue weighted by molar-refractivity contribution is 0.104. The summed E-state index contributed by atoms with van der Waals surface area (Å²) in [6.45, 7) is 8.56. The van der Waals surface area contributed by atoms with E-state index in [1.54, 1.807) is 6.08 Å². The van der Waals surface area contributed by atoms with E-state index in [-0.39, 0.29) is 14.9 Å². The maximum atomic E-state index is 8.61. The molecule has 0 unspecified atom stereocenters. The molecule has 4 aliphatic rings. The SMILES string of the molecule is C.C.Cc1nnc2n1-c1ccc(C3=CCOCC3)c(Cc3ccccc3)c1COC2.Cc1nnc2n1-c1ccc(Cl)c(Cc3ccccc3)c1COC2.OB(O)C1=CCOCC1. The number of ether oxygens (including phenoxy) is 4. The highest BCUT2D eigenvalue weighted by Crippen LogP contribution is 2.35. The summed E-state index contributed by atoms with van der Waals surface area (Å²) >= 11 is 6.51. The summed E-state index contributed by atoms with van der Waals surface area (Å²) in [5, 5.41) is 34.9. The van der Waals surface area contributed by atoms with Crippen molar-refractivity contribution in [2.24, 2.45) is 0 Å². The standard InChI is InChI=1S/C23H23N3O2.C18H16ClN3O.C5H9BO3.2CH4/c1-16-24-25-23-15-28-14-21-20(13-17-5-3-2-4-6-17)19(7-8-22(21)26(16)23)18-9-11-27-12-10-18;1-12-20-21-18-11-23-10-15-14(9-13-5-3-2-4-6-13)16(19)7-8-17(15)22(12)18;7-6(8)5-1-3-9-4-2-5;;/h2-9H,10-15H2,1H3;2-8H,9-11H2,1H3;1,7-8H,2-4H2;2*1H4. The molecular formula is C48H56BClN6O6. The average molecular weight is 859 g/mol. The van der Waals surface area contributed by atoms with Crippen molar-refractivity contribution < 1.29 is 29.0 Å². The Labute approximate surface area is 370 Å². The van der Waals surface area contributed by atoms with Gasteiger partial charge in [-0.25, -0.2) is 0 Å². The Hall–Kier alpha value is -5.25. The lowest BCUT2D eigenvalue weighted by atomic mass is 9.77. The Bertz CT molecular complexity index is 2490. The van der Waals surface area contributed by atoms with Gasteiger partial charge in [-0.1, -0.05) is 105 Å². The van der Waals surface area contributed by atoms with Gasteiger partial charge in [-0.05, 0) is 96.6 Å². The van der Waals surface area contributed by atoms with E-state index in [0.29, 0.717) is 58.1 Å². The van der Waals surface area contributed by atoms with E-state index >= 15 is 0 Å².